The van der Waals surface area contributed by atoms with E-state index in [4.69, 9.17) is 5.73 Å². The van der Waals surface area contributed by atoms with Crippen LogP contribution in [0.1, 0.15) is 73.6 Å². The predicted molar refractivity (Wildman–Crippen MR) is 70.0 cm³/mol. The largest absolute Gasteiger partial charge is 0.325 e. The van der Waals surface area contributed by atoms with E-state index in [2.05, 4.69) is 41.5 Å². The minimum atomic E-state index is 0.0123. The Kier molecular flexibility index (Phi) is 5.87. The van der Waals surface area contributed by atoms with Gasteiger partial charge in [-0.05, 0) is 30.6 Å². The molecule has 92 valence electrons. The van der Waals surface area contributed by atoms with Crippen LogP contribution in [0.15, 0.2) is 0 Å². The quantitative estimate of drug-likeness (QED) is 0.668. The number of hydrogen-bond donors (Lipinski definition) is 1. The standard InChI is InChI=1S/C14H31N/c1-7-11-13(6,12(5)8-2)14(15,9-3)10-4/h12H,7-11,15H2,1-6H3/t12?,13-/m0/s1. The second kappa shape index (κ2) is 5.89. The summed E-state index contributed by atoms with van der Waals surface area (Å²) in [6.07, 6.45) is 5.89. The summed E-state index contributed by atoms with van der Waals surface area (Å²) in [5.41, 5.74) is 6.94. The van der Waals surface area contributed by atoms with Gasteiger partial charge in [0.2, 0.25) is 0 Å². The topological polar surface area (TPSA) is 26.0 Å². The van der Waals surface area contributed by atoms with E-state index >= 15 is 0 Å². The van der Waals surface area contributed by atoms with Gasteiger partial charge in [-0.15, -0.1) is 0 Å². The first kappa shape index (κ1) is 15.0. The third-order valence-corrected chi connectivity index (χ3v) is 4.87. The Hall–Kier alpha value is -0.0400. The van der Waals surface area contributed by atoms with Crippen molar-refractivity contribution in [2.24, 2.45) is 17.1 Å². The van der Waals surface area contributed by atoms with Gasteiger partial charge in [-0.1, -0.05) is 54.4 Å². The van der Waals surface area contributed by atoms with Gasteiger partial charge < -0.3 is 5.73 Å². The molecule has 2 atom stereocenters. The first-order valence-electron chi connectivity index (χ1n) is 6.70. The van der Waals surface area contributed by atoms with Crippen molar-refractivity contribution in [2.75, 3.05) is 0 Å². The van der Waals surface area contributed by atoms with Crippen molar-refractivity contribution in [3.8, 4) is 0 Å². The normalized spacial score (nSPS) is 18.6. The van der Waals surface area contributed by atoms with Gasteiger partial charge in [0.05, 0.1) is 0 Å². The fraction of sp³-hybridized carbons (Fsp3) is 1.00. The van der Waals surface area contributed by atoms with Crippen molar-refractivity contribution < 1.29 is 0 Å². The third-order valence-electron chi connectivity index (χ3n) is 4.87. The number of rotatable bonds is 7. The fourth-order valence-electron chi connectivity index (χ4n) is 3.01. The zero-order valence-electron chi connectivity index (χ0n) is 11.7. The molecule has 0 aliphatic heterocycles. The van der Waals surface area contributed by atoms with Crippen LogP contribution >= 0.6 is 0 Å². The first-order chi connectivity index (χ1) is 6.91. The summed E-state index contributed by atoms with van der Waals surface area (Å²) < 4.78 is 0. The molecule has 2 N–H and O–H groups in total. The lowest BCUT2D eigenvalue weighted by Gasteiger charge is -2.50. The molecule has 0 bridgehead atoms. The summed E-state index contributed by atoms with van der Waals surface area (Å²) in [6, 6.07) is 0. The van der Waals surface area contributed by atoms with E-state index in [1.807, 2.05) is 0 Å². The summed E-state index contributed by atoms with van der Waals surface area (Å²) in [4.78, 5) is 0. The molecule has 0 aliphatic rings. The summed E-state index contributed by atoms with van der Waals surface area (Å²) in [5, 5.41) is 0. The van der Waals surface area contributed by atoms with E-state index in [0.717, 1.165) is 12.8 Å². The van der Waals surface area contributed by atoms with E-state index in [1.54, 1.807) is 0 Å². The van der Waals surface area contributed by atoms with Crippen molar-refractivity contribution in [2.45, 2.75) is 79.2 Å². The lowest BCUT2D eigenvalue weighted by Crippen LogP contribution is -2.56. The highest BCUT2D eigenvalue weighted by molar-refractivity contribution is 5.00. The van der Waals surface area contributed by atoms with E-state index in [9.17, 15) is 0 Å². The van der Waals surface area contributed by atoms with Gasteiger partial charge in [-0.3, -0.25) is 0 Å². The third kappa shape index (κ3) is 2.75. The molecule has 0 aromatic rings. The zero-order chi connectivity index (χ0) is 12.1. The highest BCUT2D eigenvalue weighted by Gasteiger charge is 2.44. The van der Waals surface area contributed by atoms with Gasteiger partial charge in [0.15, 0.2) is 0 Å². The van der Waals surface area contributed by atoms with Crippen LogP contribution in [0.3, 0.4) is 0 Å². The summed E-state index contributed by atoms with van der Waals surface area (Å²) in [6.45, 7) is 13.8. The molecule has 0 aromatic heterocycles. The highest BCUT2D eigenvalue weighted by atomic mass is 14.8. The molecule has 15 heavy (non-hydrogen) atoms. The zero-order valence-corrected chi connectivity index (χ0v) is 11.7. The molecule has 1 unspecified atom stereocenters. The van der Waals surface area contributed by atoms with E-state index in [0.29, 0.717) is 11.3 Å². The van der Waals surface area contributed by atoms with E-state index in [-0.39, 0.29) is 5.54 Å². The van der Waals surface area contributed by atoms with Gasteiger partial charge in [-0.25, -0.2) is 0 Å². The van der Waals surface area contributed by atoms with Crippen LogP contribution < -0.4 is 5.73 Å². The monoisotopic (exact) mass is 213 g/mol. The molecule has 1 heteroatoms. The molecule has 0 rings (SSSR count). The molecule has 0 amide bonds. The molecule has 0 aromatic carbocycles. The van der Waals surface area contributed by atoms with Crippen LogP contribution in [0.4, 0.5) is 0 Å². The molecule has 0 aliphatic carbocycles. The van der Waals surface area contributed by atoms with Gasteiger partial charge >= 0.3 is 0 Å². The molecule has 0 saturated carbocycles. The Bertz CT molecular complexity index is 172. The van der Waals surface area contributed by atoms with Crippen LogP contribution in [-0.2, 0) is 0 Å². The van der Waals surface area contributed by atoms with E-state index < -0.39 is 0 Å². The molecule has 0 spiro atoms. The Morgan fingerprint density at radius 2 is 1.53 bits per heavy atom. The van der Waals surface area contributed by atoms with E-state index in [1.165, 1.54) is 19.3 Å². The van der Waals surface area contributed by atoms with Crippen molar-refractivity contribution >= 4 is 0 Å². The van der Waals surface area contributed by atoms with Gasteiger partial charge in [-0.2, -0.15) is 0 Å². The second-order valence-electron chi connectivity index (χ2n) is 5.34. The summed E-state index contributed by atoms with van der Waals surface area (Å²) in [7, 11) is 0. The van der Waals surface area contributed by atoms with Crippen LogP contribution in [0, 0.1) is 11.3 Å². The van der Waals surface area contributed by atoms with Crippen molar-refractivity contribution in [1.82, 2.24) is 0 Å². The van der Waals surface area contributed by atoms with Gasteiger partial charge in [0, 0.05) is 5.54 Å². The Labute approximate surface area is 96.8 Å². The van der Waals surface area contributed by atoms with Crippen LogP contribution in [0.2, 0.25) is 0 Å². The molecule has 0 radical (unpaired) electrons. The average Bonchev–Trinajstić information content (AvgIpc) is 2.26. The predicted octanol–water partition coefficient (Wildman–Crippen LogP) is 4.36. The highest BCUT2D eigenvalue weighted by Crippen LogP contribution is 2.46. The molecular weight excluding hydrogens is 182 g/mol. The van der Waals surface area contributed by atoms with Crippen LogP contribution in [-0.4, -0.2) is 5.54 Å². The molecule has 0 fully saturated rings. The second-order valence-corrected chi connectivity index (χ2v) is 5.34. The average molecular weight is 213 g/mol. The summed E-state index contributed by atoms with van der Waals surface area (Å²) >= 11 is 0. The smallest absolute Gasteiger partial charge is 0.0206 e. The van der Waals surface area contributed by atoms with Crippen molar-refractivity contribution in [1.29, 1.82) is 0 Å². The summed E-state index contributed by atoms with van der Waals surface area (Å²) in [5.74, 6) is 0.711. The molecule has 0 heterocycles. The Morgan fingerprint density at radius 1 is 1.07 bits per heavy atom. The van der Waals surface area contributed by atoms with Crippen LogP contribution in [0.25, 0.3) is 0 Å². The molecular formula is C14H31N. The fourth-order valence-corrected chi connectivity index (χ4v) is 3.01. The van der Waals surface area contributed by atoms with Gasteiger partial charge in [0.25, 0.3) is 0 Å². The van der Waals surface area contributed by atoms with Crippen molar-refractivity contribution in [3.63, 3.8) is 0 Å². The minimum Gasteiger partial charge on any atom is -0.325 e. The lowest BCUT2D eigenvalue weighted by molar-refractivity contribution is 0.0497. The SMILES string of the molecule is CCC[C@@](C)(C(C)CC)C(N)(CC)CC. The first-order valence-corrected chi connectivity index (χ1v) is 6.70. The number of hydrogen-bond acceptors (Lipinski definition) is 1. The Morgan fingerprint density at radius 3 is 1.80 bits per heavy atom. The molecule has 0 saturated heterocycles. The maximum absolute atomic E-state index is 6.64. The van der Waals surface area contributed by atoms with Crippen molar-refractivity contribution in [3.05, 3.63) is 0 Å². The lowest BCUT2D eigenvalue weighted by atomic mass is 9.59. The van der Waals surface area contributed by atoms with Gasteiger partial charge in [0.1, 0.15) is 0 Å². The number of nitrogens with two attached hydrogens (primary N) is 1. The maximum atomic E-state index is 6.64. The minimum absolute atomic E-state index is 0.0123. The maximum Gasteiger partial charge on any atom is 0.0206 e. The Balaban J connectivity index is 5.06. The van der Waals surface area contributed by atoms with Crippen LogP contribution in [0.5, 0.6) is 0 Å². The molecule has 1 nitrogen and oxygen atoms in total.